The fraction of sp³-hybridized carbons (Fsp3) is 0.400. The summed E-state index contributed by atoms with van der Waals surface area (Å²) in [6.07, 6.45) is 1.60. The molecule has 126 valence electrons. The van der Waals surface area contributed by atoms with Crippen molar-refractivity contribution in [1.82, 2.24) is 14.5 Å². The lowest BCUT2D eigenvalue weighted by Gasteiger charge is -2.33. The van der Waals surface area contributed by atoms with Crippen LogP contribution < -0.4 is 10.1 Å². The molecule has 0 radical (unpaired) electrons. The third-order valence-electron chi connectivity index (χ3n) is 3.62. The Bertz CT molecular complexity index is 650. The van der Waals surface area contributed by atoms with Gasteiger partial charge in [0.1, 0.15) is 5.75 Å². The van der Waals surface area contributed by atoms with E-state index in [0.717, 1.165) is 0 Å². The fourth-order valence-electron chi connectivity index (χ4n) is 2.30. The van der Waals surface area contributed by atoms with Gasteiger partial charge in [-0.2, -0.15) is 4.31 Å². The maximum absolute atomic E-state index is 12.6. The largest absolute Gasteiger partial charge is 0.497 e. The highest BCUT2D eigenvalue weighted by Crippen LogP contribution is 2.20. The van der Waals surface area contributed by atoms with E-state index in [1.807, 2.05) is 0 Å². The number of carbonyl (C=O) groups excluding carboxylic acids is 1. The Morgan fingerprint density at radius 2 is 1.87 bits per heavy atom. The van der Waals surface area contributed by atoms with Crippen molar-refractivity contribution in [2.45, 2.75) is 4.90 Å². The molecule has 2 amide bonds. The monoisotopic (exact) mass is 339 g/mol. The maximum atomic E-state index is 12.6. The van der Waals surface area contributed by atoms with Crippen molar-refractivity contribution < 1.29 is 17.9 Å². The molecule has 7 nitrogen and oxygen atoms in total. The number of carbonyl (C=O) groups is 1. The van der Waals surface area contributed by atoms with E-state index in [2.05, 4.69) is 11.9 Å². The highest BCUT2D eigenvalue weighted by atomic mass is 32.2. The lowest BCUT2D eigenvalue weighted by molar-refractivity contribution is 0.173. The highest BCUT2D eigenvalue weighted by molar-refractivity contribution is 7.89. The first-order valence-electron chi connectivity index (χ1n) is 7.27. The Balaban J connectivity index is 2.00. The molecule has 1 aliphatic rings. The Labute approximate surface area is 136 Å². The number of rotatable bonds is 5. The Morgan fingerprint density at radius 1 is 1.26 bits per heavy atom. The van der Waals surface area contributed by atoms with Crippen LogP contribution in [-0.2, 0) is 10.0 Å². The van der Waals surface area contributed by atoms with Gasteiger partial charge in [0, 0.05) is 32.7 Å². The average molecular weight is 339 g/mol. The number of nitrogens with one attached hydrogen (secondary N) is 1. The molecule has 0 unspecified atom stereocenters. The van der Waals surface area contributed by atoms with Gasteiger partial charge in [0.05, 0.1) is 12.0 Å². The number of urea groups is 1. The van der Waals surface area contributed by atoms with E-state index < -0.39 is 10.0 Å². The number of sulfonamides is 1. The predicted molar refractivity (Wildman–Crippen MR) is 86.9 cm³/mol. The van der Waals surface area contributed by atoms with E-state index >= 15 is 0 Å². The lowest BCUT2D eigenvalue weighted by atomic mass is 10.3. The van der Waals surface area contributed by atoms with Crippen LogP contribution in [0.3, 0.4) is 0 Å². The molecule has 0 bridgehead atoms. The summed E-state index contributed by atoms with van der Waals surface area (Å²) >= 11 is 0. The lowest BCUT2D eigenvalue weighted by Crippen LogP contribution is -2.53. The second-order valence-electron chi connectivity index (χ2n) is 5.04. The number of methoxy groups -OCH3 is 1. The van der Waals surface area contributed by atoms with Crippen LogP contribution in [0.5, 0.6) is 5.75 Å². The highest BCUT2D eigenvalue weighted by Gasteiger charge is 2.29. The minimum atomic E-state index is -3.55. The number of hydrogen-bond donors (Lipinski definition) is 1. The summed E-state index contributed by atoms with van der Waals surface area (Å²) in [7, 11) is -2.02. The van der Waals surface area contributed by atoms with Crippen LogP contribution in [0.1, 0.15) is 0 Å². The van der Waals surface area contributed by atoms with Gasteiger partial charge in [-0.05, 0) is 24.3 Å². The van der Waals surface area contributed by atoms with Crippen molar-refractivity contribution in [2.24, 2.45) is 0 Å². The molecule has 1 aromatic rings. The number of hydrogen-bond acceptors (Lipinski definition) is 4. The van der Waals surface area contributed by atoms with Gasteiger partial charge in [-0.3, -0.25) is 0 Å². The second kappa shape index (κ2) is 7.47. The van der Waals surface area contributed by atoms with Crippen LogP contribution in [0.2, 0.25) is 0 Å². The van der Waals surface area contributed by atoms with Crippen LogP contribution in [-0.4, -0.2) is 63.5 Å². The van der Waals surface area contributed by atoms with Crippen molar-refractivity contribution in [3.8, 4) is 5.75 Å². The van der Waals surface area contributed by atoms with Gasteiger partial charge in [-0.15, -0.1) is 6.58 Å². The van der Waals surface area contributed by atoms with E-state index in [0.29, 0.717) is 25.4 Å². The predicted octanol–water partition coefficient (Wildman–Crippen LogP) is 0.897. The molecule has 1 N–H and O–H groups in total. The zero-order valence-electron chi connectivity index (χ0n) is 13.1. The Morgan fingerprint density at radius 3 is 2.39 bits per heavy atom. The summed E-state index contributed by atoms with van der Waals surface area (Å²) in [5.41, 5.74) is 0. The molecule has 0 spiro atoms. The molecular weight excluding hydrogens is 318 g/mol. The van der Waals surface area contributed by atoms with E-state index in [1.54, 1.807) is 23.1 Å². The van der Waals surface area contributed by atoms with Crippen molar-refractivity contribution in [3.63, 3.8) is 0 Å². The SMILES string of the molecule is C=CCNC(=O)N1CCN(S(=O)(=O)c2ccc(OC)cc2)CC1. The quantitative estimate of drug-likeness (QED) is 0.809. The standard InChI is InChI=1S/C15H21N3O4S/c1-3-8-16-15(19)17-9-11-18(12-10-17)23(20,21)14-6-4-13(22-2)5-7-14/h3-7H,1,8-12H2,2H3,(H,16,19). The first-order chi connectivity index (χ1) is 11.0. The van der Waals surface area contributed by atoms with Crippen molar-refractivity contribution >= 4 is 16.1 Å². The third-order valence-corrected chi connectivity index (χ3v) is 5.53. The second-order valence-corrected chi connectivity index (χ2v) is 6.98. The Kier molecular flexibility index (Phi) is 5.62. The molecule has 1 saturated heterocycles. The summed E-state index contributed by atoms with van der Waals surface area (Å²) in [6, 6.07) is 6.08. The molecule has 2 rings (SSSR count). The van der Waals surface area contributed by atoms with Crippen LogP contribution >= 0.6 is 0 Å². The molecule has 1 fully saturated rings. The minimum Gasteiger partial charge on any atom is -0.497 e. The third kappa shape index (κ3) is 4.02. The molecule has 0 aromatic heterocycles. The summed E-state index contributed by atoms with van der Waals surface area (Å²) in [4.78, 5) is 13.7. The fourth-order valence-corrected chi connectivity index (χ4v) is 3.72. The van der Waals surface area contributed by atoms with Gasteiger partial charge in [-0.25, -0.2) is 13.2 Å². The molecule has 1 heterocycles. The average Bonchev–Trinajstić information content (AvgIpc) is 2.59. The maximum Gasteiger partial charge on any atom is 0.317 e. The van der Waals surface area contributed by atoms with Crippen LogP contribution in [0.4, 0.5) is 4.79 Å². The molecule has 1 aromatic carbocycles. The van der Waals surface area contributed by atoms with Gasteiger partial charge in [0.15, 0.2) is 0 Å². The van der Waals surface area contributed by atoms with E-state index in [4.69, 9.17) is 4.74 Å². The van der Waals surface area contributed by atoms with Gasteiger partial charge in [0.25, 0.3) is 0 Å². The van der Waals surface area contributed by atoms with Crippen LogP contribution in [0, 0.1) is 0 Å². The molecular formula is C15H21N3O4S. The van der Waals surface area contributed by atoms with Gasteiger partial charge >= 0.3 is 6.03 Å². The molecule has 1 aliphatic heterocycles. The molecule has 0 atom stereocenters. The number of piperazine rings is 1. The van der Waals surface area contributed by atoms with Gasteiger partial charge < -0.3 is 15.0 Å². The summed E-state index contributed by atoms with van der Waals surface area (Å²) < 4.78 is 31.6. The van der Waals surface area contributed by atoms with E-state index in [-0.39, 0.29) is 24.0 Å². The zero-order valence-corrected chi connectivity index (χ0v) is 13.9. The van der Waals surface area contributed by atoms with Crippen LogP contribution in [0.15, 0.2) is 41.8 Å². The number of amides is 2. The Hall–Kier alpha value is -2.06. The molecule has 0 saturated carbocycles. The normalized spacial score (nSPS) is 16.0. The molecule has 8 heteroatoms. The van der Waals surface area contributed by atoms with Crippen molar-refractivity contribution in [3.05, 3.63) is 36.9 Å². The summed E-state index contributed by atoms with van der Waals surface area (Å²) in [6.45, 7) is 5.20. The van der Waals surface area contributed by atoms with E-state index in [9.17, 15) is 13.2 Å². The van der Waals surface area contributed by atoms with Gasteiger partial charge in [0.2, 0.25) is 10.0 Å². The minimum absolute atomic E-state index is 0.202. The summed E-state index contributed by atoms with van der Waals surface area (Å²) in [5, 5.41) is 2.69. The zero-order chi connectivity index (χ0) is 16.9. The van der Waals surface area contributed by atoms with Gasteiger partial charge in [-0.1, -0.05) is 6.08 Å². The first-order valence-corrected chi connectivity index (χ1v) is 8.71. The molecule has 0 aliphatic carbocycles. The van der Waals surface area contributed by atoms with E-state index in [1.165, 1.54) is 23.5 Å². The molecule has 23 heavy (non-hydrogen) atoms. The number of ether oxygens (including phenoxy) is 1. The van der Waals surface area contributed by atoms with Crippen molar-refractivity contribution in [1.29, 1.82) is 0 Å². The number of benzene rings is 1. The summed E-state index contributed by atoms with van der Waals surface area (Å²) in [5.74, 6) is 0.604. The van der Waals surface area contributed by atoms with Crippen LogP contribution in [0.25, 0.3) is 0 Å². The first kappa shape index (κ1) is 17.3. The topological polar surface area (TPSA) is 79.0 Å². The number of nitrogens with zero attached hydrogens (tertiary/aromatic N) is 2. The smallest absolute Gasteiger partial charge is 0.317 e. The van der Waals surface area contributed by atoms with Crippen molar-refractivity contribution in [2.75, 3.05) is 39.8 Å².